The summed E-state index contributed by atoms with van der Waals surface area (Å²) in [5, 5.41) is 0. The number of hydrogen-bond acceptors (Lipinski definition) is 2. The van der Waals surface area contributed by atoms with Crippen LogP contribution in [0.3, 0.4) is 0 Å². The molecule has 0 saturated carbocycles. The van der Waals surface area contributed by atoms with Gasteiger partial charge in [0, 0.05) is 18.0 Å². The molecule has 16 heavy (non-hydrogen) atoms. The minimum Gasteiger partial charge on any atom is -0.342 e. The monoisotopic (exact) mass is 303 g/mol. The molecule has 0 bridgehead atoms. The maximum Gasteiger partial charge on any atom is 0.227 e. The molecule has 90 valence electrons. The lowest BCUT2D eigenvalue weighted by atomic mass is 10.2. The van der Waals surface area contributed by atoms with E-state index >= 15 is 0 Å². The van der Waals surface area contributed by atoms with Gasteiger partial charge in [-0.2, -0.15) is 0 Å². The molecule has 1 aromatic heterocycles. The van der Waals surface area contributed by atoms with Gasteiger partial charge in [0.1, 0.15) is 0 Å². The van der Waals surface area contributed by atoms with E-state index in [1.54, 1.807) is 11.3 Å². The second kappa shape index (κ2) is 7.07. The zero-order valence-corrected chi connectivity index (χ0v) is 12.2. The van der Waals surface area contributed by atoms with Crippen LogP contribution in [0.25, 0.3) is 0 Å². The molecule has 0 N–H and O–H groups in total. The van der Waals surface area contributed by atoms with Crippen LogP contribution in [0.4, 0.5) is 0 Å². The molecule has 0 atom stereocenters. The third kappa shape index (κ3) is 4.26. The van der Waals surface area contributed by atoms with Crippen molar-refractivity contribution >= 4 is 33.2 Å². The smallest absolute Gasteiger partial charge is 0.227 e. The molecule has 0 radical (unpaired) electrons. The molecule has 1 amide bonds. The molecular formula is C12H18BrNOS. The number of carbonyl (C=O) groups excluding carboxylic acids is 1. The molecule has 0 aliphatic carbocycles. The quantitative estimate of drug-likeness (QED) is 0.784. The van der Waals surface area contributed by atoms with Gasteiger partial charge in [0.25, 0.3) is 0 Å². The number of nitrogens with zero attached hydrogens (tertiary/aromatic N) is 1. The zero-order chi connectivity index (χ0) is 12.0. The van der Waals surface area contributed by atoms with E-state index < -0.39 is 0 Å². The van der Waals surface area contributed by atoms with E-state index in [1.807, 2.05) is 17.0 Å². The highest BCUT2D eigenvalue weighted by Crippen LogP contribution is 2.22. The van der Waals surface area contributed by atoms with Crippen molar-refractivity contribution in [1.29, 1.82) is 0 Å². The first-order valence-electron chi connectivity index (χ1n) is 5.69. The minimum absolute atomic E-state index is 0.248. The Morgan fingerprint density at radius 2 is 1.94 bits per heavy atom. The molecule has 1 rings (SSSR count). The third-order valence-corrected chi connectivity index (χ3v) is 3.92. The highest BCUT2D eigenvalue weighted by atomic mass is 79.9. The lowest BCUT2D eigenvalue weighted by Gasteiger charge is -2.21. The first-order chi connectivity index (χ1) is 7.67. The Hall–Kier alpha value is -0.350. The molecule has 0 aliphatic rings. The zero-order valence-electron chi connectivity index (χ0n) is 9.83. The normalized spacial score (nSPS) is 10.4. The fourth-order valence-electron chi connectivity index (χ4n) is 1.61. The van der Waals surface area contributed by atoms with E-state index in [-0.39, 0.29) is 5.91 Å². The first-order valence-corrected chi connectivity index (χ1v) is 7.30. The van der Waals surface area contributed by atoms with Crippen LogP contribution >= 0.6 is 27.3 Å². The van der Waals surface area contributed by atoms with Gasteiger partial charge in [0.15, 0.2) is 0 Å². The molecule has 0 aliphatic heterocycles. The van der Waals surface area contributed by atoms with E-state index in [4.69, 9.17) is 0 Å². The molecule has 2 nitrogen and oxygen atoms in total. The molecule has 4 heteroatoms. The van der Waals surface area contributed by atoms with E-state index in [2.05, 4.69) is 29.8 Å². The van der Waals surface area contributed by atoms with E-state index in [1.165, 1.54) is 0 Å². The predicted molar refractivity (Wildman–Crippen MR) is 72.9 cm³/mol. The Balaban J connectivity index is 2.54. The van der Waals surface area contributed by atoms with Gasteiger partial charge in [-0.05, 0) is 40.9 Å². The summed E-state index contributed by atoms with van der Waals surface area (Å²) in [5.74, 6) is 0.248. The second-order valence-corrected chi connectivity index (χ2v) is 6.31. The summed E-state index contributed by atoms with van der Waals surface area (Å²) in [6, 6.07) is 4.01. The first kappa shape index (κ1) is 13.7. The summed E-state index contributed by atoms with van der Waals surface area (Å²) in [4.78, 5) is 15.1. The van der Waals surface area contributed by atoms with Crippen molar-refractivity contribution in [3.05, 3.63) is 20.8 Å². The van der Waals surface area contributed by atoms with Crippen LogP contribution in [0, 0.1) is 0 Å². The van der Waals surface area contributed by atoms with Crippen molar-refractivity contribution in [3.8, 4) is 0 Å². The number of thiophene rings is 1. The van der Waals surface area contributed by atoms with Gasteiger partial charge in [0.05, 0.1) is 10.2 Å². The van der Waals surface area contributed by atoms with Crippen molar-refractivity contribution in [2.24, 2.45) is 0 Å². The van der Waals surface area contributed by atoms with Gasteiger partial charge < -0.3 is 4.90 Å². The lowest BCUT2D eigenvalue weighted by Crippen LogP contribution is -2.33. The van der Waals surface area contributed by atoms with E-state index in [0.29, 0.717) is 6.42 Å². The summed E-state index contributed by atoms with van der Waals surface area (Å²) >= 11 is 5.05. The Morgan fingerprint density at radius 3 is 2.38 bits per heavy atom. The van der Waals surface area contributed by atoms with Gasteiger partial charge in [-0.25, -0.2) is 0 Å². The number of hydrogen-bond donors (Lipinski definition) is 0. The maximum atomic E-state index is 12.0. The van der Waals surface area contributed by atoms with Crippen LogP contribution in [0.15, 0.2) is 15.9 Å². The Morgan fingerprint density at radius 1 is 1.31 bits per heavy atom. The average molecular weight is 304 g/mol. The largest absolute Gasteiger partial charge is 0.342 e. The van der Waals surface area contributed by atoms with Gasteiger partial charge in [0.2, 0.25) is 5.91 Å². The SMILES string of the molecule is CCCN(CCC)C(=O)Cc1ccc(Br)s1. The third-order valence-electron chi connectivity index (χ3n) is 2.29. The maximum absolute atomic E-state index is 12.0. The van der Waals surface area contributed by atoms with Gasteiger partial charge in [-0.3, -0.25) is 4.79 Å². The molecule has 0 saturated heterocycles. The van der Waals surface area contributed by atoms with Crippen LogP contribution < -0.4 is 0 Å². The minimum atomic E-state index is 0.248. The summed E-state index contributed by atoms with van der Waals surface area (Å²) in [7, 11) is 0. The number of amides is 1. The van der Waals surface area contributed by atoms with Crippen LogP contribution in [-0.2, 0) is 11.2 Å². The summed E-state index contributed by atoms with van der Waals surface area (Å²) < 4.78 is 1.09. The predicted octanol–water partition coefficient (Wildman–Crippen LogP) is 3.70. The Labute approximate surface area is 110 Å². The molecule has 0 fully saturated rings. The highest BCUT2D eigenvalue weighted by Gasteiger charge is 2.13. The van der Waals surface area contributed by atoms with Crippen molar-refractivity contribution in [3.63, 3.8) is 0 Å². The Bertz CT molecular complexity index is 332. The highest BCUT2D eigenvalue weighted by molar-refractivity contribution is 9.11. The van der Waals surface area contributed by atoms with E-state index in [0.717, 1.165) is 34.6 Å². The molecule has 0 spiro atoms. The van der Waals surface area contributed by atoms with Gasteiger partial charge in [-0.1, -0.05) is 13.8 Å². The van der Waals surface area contributed by atoms with Crippen molar-refractivity contribution in [2.45, 2.75) is 33.1 Å². The second-order valence-electron chi connectivity index (χ2n) is 3.76. The van der Waals surface area contributed by atoms with Crippen LogP contribution in [0.2, 0.25) is 0 Å². The number of halogens is 1. The van der Waals surface area contributed by atoms with Crippen molar-refractivity contribution in [2.75, 3.05) is 13.1 Å². The van der Waals surface area contributed by atoms with Gasteiger partial charge >= 0.3 is 0 Å². The summed E-state index contributed by atoms with van der Waals surface area (Å²) in [6.07, 6.45) is 2.59. The molecule has 1 aromatic rings. The lowest BCUT2D eigenvalue weighted by molar-refractivity contribution is -0.130. The summed E-state index contributed by atoms with van der Waals surface area (Å²) in [6.45, 7) is 5.97. The van der Waals surface area contributed by atoms with E-state index in [9.17, 15) is 4.79 Å². The molecule has 0 aromatic carbocycles. The fraction of sp³-hybridized carbons (Fsp3) is 0.583. The van der Waals surface area contributed by atoms with Crippen LogP contribution in [0.1, 0.15) is 31.6 Å². The van der Waals surface area contributed by atoms with Crippen molar-refractivity contribution in [1.82, 2.24) is 4.90 Å². The van der Waals surface area contributed by atoms with Crippen LogP contribution in [-0.4, -0.2) is 23.9 Å². The summed E-state index contributed by atoms with van der Waals surface area (Å²) in [5.41, 5.74) is 0. The molecular weight excluding hydrogens is 286 g/mol. The standard InChI is InChI=1S/C12H18BrNOS/c1-3-7-14(8-4-2)12(15)9-10-5-6-11(13)16-10/h5-6H,3-4,7-9H2,1-2H3. The molecule has 0 unspecified atom stereocenters. The average Bonchev–Trinajstić information content (AvgIpc) is 2.63. The fourth-order valence-corrected chi connectivity index (χ4v) is 3.08. The van der Waals surface area contributed by atoms with Crippen LogP contribution in [0.5, 0.6) is 0 Å². The molecule has 1 heterocycles. The Kier molecular flexibility index (Phi) is 6.06. The number of carbonyl (C=O) groups is 1. The topological polar surface area (TPSA) is 20.3 Å². The number of rotatable bonds is 6. The van der Waals surface area contributed by atoms with Gasteiger partial charge in [-0.15, -0.1) is 11.3 Å². The van der Waals surface area contributed by atoms with Crippen molar-refractivity contribution < 1.29 is 4.79 Å².